The first-order valence-corrected chi connectivity index (χ1v) is 5.11. The lowest BCUT2D eigenvalue weighted by atomic mass is 10.2. The number of pyridine rings is 1. The smallest absolute Gasteiger partial charge is 0.352 e. The van der Waals surface area contributed by atoms with Crippen molar-refractivity contribution < 1.29 is 22.8 Å². The van der Waals surface area contributed by atoms with Gasteiger partial charge in [0.2, 0.25) is 0 Å². The van der Waals surface area contributed by atoms with Crippen LogP contribution in [0.5, 0.6) is 0 Å². The molecule has 0 aliphatic carbocycles. The largest absolute Gasteiger partial charge is 0.390 e. The van der Waals surface area contributed by atoms with E-state index < -0.39 is 25.0 Å². The molecule has 7 heteroatoms. The summed E-state index contributed by atoms with van der Waals surface area (Å²) < 4.78 is 35.5. The van der Waals surface area contributed by atoms with Gasteiger partial charge in [0.25, 0.3) is 5.91 Å². The number of Topliss-reactive ketones (excluding diaryl/α,β-unsaturated/α-hetero) is 1. The molecule has 1 N–H and O–H groups in total. The zero-order chi connectivity index (χ0) is 13.8. The highest BCUT2D eigenvalue weighted by molar-refractivity contribution is 5.96. The van der Waals surface area contributed by atoms with Gasteiger partial charge in [0.05, 0.1) is 12.0 Å². The first-order valence-electron chi connectivity index (χ1n) is 5.11. The molecule has 4 nitrogen and oxygen atoms in total. The van der Waals surface area contributed by atoms with Crippen LogP contribution in [0.15, 0.2) is 18.3 Å². The van der Waals surface area contributed by atoms with Crippen LogP contribution in [0.4, 0.5) is 13.2 Å². The van der Waals surface area contributed by atoms with Gasteiger partial charge in [0.15, 0.2) is 5.78 Å². The molecule has 0 saturated carbocycles. The number of aromatic nitrogens is 1. The van der Waals surface area contributed by atoms with Gasteiger partial charge in [-0.2, -0.15) is 13.2 Å². The molecule has 0 unspecified atom stereocenters. The standard InChI is InChI=1S/C11H11F3N2O2/c1-7(17)9-3-2-8(6-16-9)10(18)15-5-4-11(12,13)14/h2-3,6H,4-5H2,1H3,(H,15,18). The molecule has 0 fully saturated rings. The van der Waals surface area contributed by atoms with Crippen LogP contribution in [0.3, 0.4) is 0 Å². The lowest BCUT2D eigenvalue weighted by Gasteiger charge is -2.07. The number of rotatable bonds is 4. The number of carbonyl (C=O) groups is 2. The van der Waals surface area contributed by atoms with E-state index in [2.05, 4.69) is 10.3 Å². The Hall–Kier alpha value is -1.92. The van der Waals surface area contributed by atoms with Gasteiger partial charge in [-0.05, 0) is 12.1 Å². The first-order chi connectivity index (χ1) is 8.29. The summed E-state index contributed by atoms with van der Waals surface area (Å²) in [6.45, 7) is 0.836. The Morgan fingerprint density at radius 2 is 2.00 bits per heavy atom. The van der Waals surface area contributed by atoms with Gasteiger partial charge in [0.1, 0.15) is 5.69 Å². The van der Waals surface area contributed by atoms with Crippen LogP contribution in [0.1, 0.15) is 34.2 Å². The van der Waals surface area contributed by atoms with E-state index in [1.54, 1.807) is 0 Å². The van der Waals surface area contributed by atoms with Crippen LogP contribution >= 0.6 is 0 Å². The molecule has 0 aliphatic rings. The van der Waals surface area contributed by atoms with Crippen molar-refractivity contribution in [3.63, 3.8) is 0 Å². The van der Waals surface area contributed by atoms with E-state index in [1.807, 2.05) is 0 Å². The predicted molar refractivity (Wildman–Crippen MR) is 57.2 cm³/mol. The molecule has 0 aliphatic heterocycles. The molecule has 1 amide bonds. The molecule has 0 atom stereocenters. The van der Waals surface area contributed by atoms with Gasteiger partial charge in [-0.15, -0.1) is 0 Å². The fourth-order valence-corrected chi connectivity index (χ4v) is 1.16. The number of nitrogens with one attached hydrogen (secondary N) is 1. The number of hydrogen-bond acceptors (Lipinski definition) is 3. The third-order valence-corrected chi connectivity index (χ3v) is 2.08. The lowest BCUT2D eigenvalue weighted by Crippen LogP contribution is -2.28. The van der Waals surface area contributed by atoms with Gasteiger partial charge in [-0.25, -0.2) is 0 Å². The summed E-state index contributed by atoms with van der Waals surface area (Å²) in [6, 6.07) is 2.69. The molecule has 0 aromatic carbocycles. The maximum absolute atomic E-state index is 11.8. The highest BCUT2D eigenvalue weighted by Gasteiger charge is 2.26. The summed E-state index contributed by atoms with van der Waals surface area (Å²) in [6.07, 6.45) is -4.23. The van der Waals surface area contributed by atoms with Crippen molar-refractivity contribution >= 4 is 11.7 Å². The van der Waals surface area contributed by atoms with E-state index in [0.717, 1.165) is 6.20 Å². The number of carbonyl (C=O) groups excluding carboxylic acids is 2. The van der Waals surface area contributed by atoms with Crippen molar-refractivity contribution in [2.45, 2.75) is 19.5 Å². The van der Waals surface area contributed by atoms with Crippen molar-refractivity contribution in [3.8, 4) is 0 Å². The van der Waals surface area contributed by atoms with E-state index >= 15 is 0 Å². The molecule has 1 aromatic rings. The third kappa shape index (κ3) is 4.52. The summed E-state index contributed by atoms with van der Waals surface area (Å²) >= 11 is 0. The number of halogens is 3. The van der Waals surface area contributed by atoms with Crippen molar-refractivity contribution in [1.29, 1.82) is 0 Å². The normalized spacial score (nSPS) is 11.1. The Balaban J connectivity index is 2.54. The summed E-state index contributed by atoms with van der Waals surface area (Å²) in [5.41, 5.74) is 0.309. The van der Waals surface area contributed by atoms with E-state index in [-0.39, 0.29) is 17.0 Å². The van der Waals surface area contributed by atoms with Crippen LogP contribution in [0.2, 0.25) is 0 Å². The fraction of sp³-hybridized carbons (Fsp3) is 0.364. The van der Waals surface area contributed by atoms with Gasteiger partial charge < -0.3 is 5.32 Å². The molecule has 1 aromatic heterocycles. The molecule has 0 radical (unpaired) electrons. The van der Waals surface area contributed by atoms with Gasteiger partial charge >= 0.3 is 6.18 Å². The molecule has 0 bridgehead atoms. The summed E-state index contributed by atoms with van der Waals surface area (Å²) in [5, 5.41) is 2.12. The molecule has 1 heterocycles. The molecular formula is C11H11F3N2O2. The second kappa shape index (κ2) is 5.61. The van der Waals surface area contributed by atoms with Gasteiger partial charge in [-0.1, -0.05) is 0 Å². The predicted octanol–water partition coefficient (Wildman–Crippen LogP) is 1.97. The maximum atomic E-state index is 11.8. The maximum Gasteiger partial charge on any atom is 0.390 e. The Kier molecular flexibility index (Phi) is 4.41. The van der Waals surface area contributed by atoms with Crippen molar-refractivity contribution in [2.75, 3.05) is 6.54 Å². The quantitative estimate of drug-likeness (QED) is 0.842. The Morgan fingerprint density at radius 3 is 2.44 bits per heavy atom. The van der Waals surface area contributed by atoms with Crippen LogP contribution in [-0.4, -0.2) is 29.4 Å². The number of nitrogens with zero attached hydrogens (tertiary/aromatic N) is 1. The third-order valence-electron chi connectivity index (χ3n) is 2.08. The van der Waals surface area contributed by atoms with E-state index in [9.17, 15) is 22.8 Å². The number of alkyl halides is 3. The summed E-state index contributed by atoms with van der Waals surface area (Å²) in [7, 11) is 0. The van der Waals surface area contributed by atoms with E-state index in [4.69, 9.17) is 0 Å². The first kappa shape index (κ1) is 14.1. The van der Waals surface area contributed by atoms with Crippen LogP contribution < -0.4 is 5.32 Å². The van der Waals surface area contributed by atoms with Gasteiger partial charge in [0, 0.05) is 19.7 Å². The van der Waals surface area contributed by atoms with Crippen molar-refractivity contribution in [1.82, 2.24) is 10.3 Å². The second-order valence-corrected chi connectivity index (χ2v) is 3.61. The number of ketones is 1. The molecule has 1 rings (SSSR count). The molecule has 0 spiro atoms. The topological polar surface area (TPSA) is 59.1 Å². The Morgan fingerprint density at radius 1 is 1.33 bits per heavy atom. The summed E-state index contributed by atoms with van der Waals surface area (Å²) in [5.74, 6) is -0.902. The minimum Gasteiger partial charge on any atom is -0.352 e. The zero-order valence-electron chi connectivity index (χ0n) is 9.54. The highest BCUT2D eigenvalue weighted by Crippen LogP contribution is 2.18. The van der Waals surface area contributed by atoms with Crippen molar-refractivity contribution in [3.05, 3.63) is 29.6 Å². The van der Waals surface area contributed by atoms with Crippen LogP contribution in [0.25, 0.3) is 0 Å². The van der Waals surface area contributed by atoms with Crippen molar-refractivity contribution in [2.24, 2.45) is 0 Å². The number of hydrogen-bond donors (Lipinski definition) is 1. The average molecular weight is 260 g/mol. The second-order valence-electron chi connectivity index (χ2n) is 3.61. The van der Waals surface area contributed by atoms with Crippen LogP contribution in [-0.2, 0) is 0 Å². The highest BCUT2D eigenvalue weighted by atomic mass is 19.4. The Labute approximate surface area is 101 Å². The Bertz CT molecular complexity index is 441. The lowest BCUT2D eigenvalue weighted by molar-refractivity contribution is -0.132. The SMILES string of the molecule is CC(=O)c1ccc(C(=O)NCCC(F)(F)F)cn1. The zero-order valence-corrected chi connectivity index (χ0v) is 9.54. The fourth-order valence-electron chi connectivity index (χ4n) is 1.16. The molecule has 98 valence electrons. The van der Waals surface area contributed by atoms with E-state index in [0.29, 0.717) is 0 Å². The van der Waals surface area contributed by atoms with Gasteiger partial charge in [-0.3, -0.25) is 14.6 Å². The molecule has 18 heavy (non-hydrogen) atoms. The van der Waals surface area contributed by atoms with E-state index in [1.165, 1.54) is 19.1 Å². The molecule has 0 saturated heterocycles. The molecular weight excluding hydrogens is 249 g/mol. The number of amides is 1. The minimum absolute atomic E-state index is 0.113. The average Bonchev–Trinajstić information content (AvgIpc) is 2.27. The summed E-state index contributed by atoms with van der Waals surface area (Å²) in [4.78, 5) is 26.1. The minimum atomic E-state index is -4.30. The monoisotopic (exact) mass is 260 g/mol. The van der Waals surface area contributed by atoms with Crippen LogP contribution in [0, 0.1) is 0 Å².